The van der Waals surface area contributed by atoms with E-state index in [2.05, 4.69) is 50.4 Å². The monoisotopic (exact) mass is 392 g/mol. The highest BCUT2D eigenvalue weighted by Gasteiger charge is 2.28. The molecule has 0 bridgehead atoms. The molecule has 29 heavy (non-hydrogen) atoms. The number of piperidine rings is 1. The molecule has 4 heteroatoms. The number of nitrogens with one attached hydrogen (secondary N) is 1. The van der Waals surface area contributed by atoms with Crippen LogP contribution in [-0.4, -0.2) is 29.8 Å². The van der Waals surface area contributed by atoms with Crippen molar-refractivity contribution in [2.45, 2.75) is 52.0 Å². The highest BCUT2D eigenvalue weighted by Crippen LogP contribution is 2.25. The van der Waals surface area contributed by atoms with Crippen molar-refractivity contribution in [2.24, 2.45) is 5.92 Å². The summed E-state index contributed by atoms with van der Waals surface area (Å²) in [5.74, 6) is 0.196. The van der Waals surface area contributed by atoms with Gasteiger partial charge in [-0.3, -0.25) is 4.79 Å². The molecule has 0 spiro atoms. The predicted molar refractivity (Wildman–Crippen MR) is 117 cm³/mol. The Balaban J connectivity index is 1.52. The minimum atomic E-state index is -0.0554. The number of hydrogen-bond acceptors (Lipinski definition) is 2. The average molecular weight is 393 g/mol. The maximum absolute atomic E-state index is 12.7. The molecule has 0 aliphatic carbocycles. The molecular formula is C25H32N2O2. The molecule has 2 aromatic carbocycles. The smallest absolute Gasteiger partial charge is 0.317 e. The topological polar surface area (TPSA) is 49.4 Å². The van der Waals surface area contributed by atoms with Crippen LogP contribution in [0.15, 0.2) is 54.6 Å². The number of urea groups is 1. The van der Waals surface area contributed by atoms with Gasteiger partial charge in [-0.15, -0.1) is 0 Å². The summed E-state index contributed by atoms with van der Waals surface area (Å²) < 4.78 is 0. The number of carbonyl (C=O) groups is 2. The summed E-state index contributed by atoms with van der Waals surface area (Å²) in [6.45, 7) is 9.82. The molecule has 0 radical (unpaired) electrons. The first-order chi connectivity index (χ1) is 13.8. The van der Waals surface area contributed by atoms with Crippen LogP contribution < -0.4 is 5.32 Å². The zero-order valence-electron chi connectivity index (χ0n) is 17.9. The van der Waals surface area contributed by atoms with Crippen LogP contribution in [0.2, 0.25) is 0 Å². The summed E-state index contributed by atoms with van der Waals surface area (Å²) in [6.07, 6.45) is 1.44. The zero-order valence-corrected chi connectivity index (χ0v) is 17.9. The lowest BCUT2D eigenvalue weighted by atomic mass is 9.86. The Morgan fingerprint density at radius 2 is 1.55 bits per heavy atom. The first-order valence-corrected chi connectivity index (χ1v) is 10.5. The van der Waals surface area contributed by atoms with Crippen molar-refractivity contribution in [2.75, 3.05) is 13.1 Å². The fourth-order valence-electron chi connectivity index (χ4n) is 3.81. The normalized spacial score (nSPS) is 16.3. The van der Waals surface area contributed by atoms with Gasteiger partial charge in [0.05, 0.1) is 6.04 Å². The summed E-state index contributed by atoms with van der Waals surface area (Å²) in [5.41, 5.74) is 3.26. The fourth-order valence-corrected chi connectivity index (χ4v) is 3.81. The maximum Gasteiger partial charge on any atom is 0.317 e. The molecule has 1 N–H and O–H groups in total. The van der Waals surface area contributed by atoms with E-state index in [-0.39, 0.29) is 29.2 Å². The molecule has 1 saturated heterocycles. The Labute approximate surface area is 174 Å². The largest absolute Gasteiger partial charge is 0.331 e. The molecule has 1 aliphatic heterocycles. The van der Waals surface area contributed by atoms with Crippen molar-refractivity contribution in [1.29, 1.82) is 0 Å². The SMILES string of the molecule is CC(NC(=O)N1CCC(C(=O)c2ccccc2)CC1)c1ccc(C(C)(C)C)cc1. The van der Waals surface area contributed by atoms with Gasteiger partial charge in [0.25, 0.3) is 0 Å². The molecule has 1 unspecified atom stereocenters. The highest BCUT2D eigenvalue weighted by molar-refractivity contribution is 5.98. The quantitative estimate of drug-likeness (QED) is 0.713. The second-order valence-corrected chi connectivity index (χ2v) is 9.03. The third kappa shape index (κ3) is 5.26. The van der Waals surface area contributed by atoms with Crippen molar-refractivity contribution in [3.8, 4) is 0 Å². The van der Waals surface area contributed by atoms with E-state index in [1.165, 1.54) is 5.56 Å². The number of nitrogens with zero attached hydrogens (tertiary/aromatic N) is 1. The van der Waals surface area contributed by atoms with Gasteiger partial charge in [-0.05, 0) is 36.3 Å². The summed E-state index contributed by atoms with van der Waals surface area (Å²) >= 11 is 0. The van der Waals surface area contributed by atoms with Crippen LogP contribution in [0.3, 0.4) is 0 Å². The van der Waals surface area contributed by atoms with Crippen LogP contribution in [0.25, 0.3) is 0 Å². The van der Waals surface area contributed by atoms with E-state index in [1.807, 2.05) is 42.2 Å². The number of rotatable bonds is 4. The Hall–Kier alpha value is -2.62. The number of likely N-dealkylation sites (tertiary alicyclic amines) is 1. The Kier molecular flexibility index (Phi) is 6.41. The highest BCUT2D eigenvalue weighted by atomic mass is 16.2. The molecule has 2 amide bonds. The molecule has 1 aliphatic rings. The summed E-state index contributed by atoms with van der Waals surface area (Å²) in [4.78, 5) is 27.1. The van der Waals surface area contributed by atoms with E-state index in [9.17, 15) is 9.59 Å². The first kappa shape index (κ1) is 21.1. The lowest BCUT2D eigenvalue weighted by molar-refractivity contribution is 0.0853. The standard InChI is InChI=1S/C25H32N2O2/c1-18(19-10-12-22(13-11-19)25(2,3)4)26-24(29)27-16-14-21(15-17-27)23(28)20-8-6-5-7-9-20/h5-13,18,21H,14-17H2,1-4H3,(H,26,29). The van der Waals surface area contributed by atoms with Gasteiger partial charge in [0, 0.05) is 24.6 Å². The molecule has 0 aromatic heterocycles. The summed E-state index contributed by atoms with van der Waals surface area (Å²) in [7, 11) is 0. The van der Waals surface area contributed by atoms with Crippen molar-refractivity contribution < 1.29 is 9.59 Å². The maximum atomic E-state index is 12.7. The molecule has 1 atom stereocenters. The van der Waals surface area contributed by atoms with Crippen molar-refractivity contribution in [1.82, 2.24) is 10.2 Å². The molecule has 1 fully saturated rings. The average Bonchev–Trinajstić information content (AvgIpc) is 2.73. The van der Waals surface area contributed by atoms with Gasteiger partial charge in [0.15, 0.2) is 5.78 Å². The Morgan fingerprint density at radius 3 is 2.10 bits per heavy atom. The Morgan fingerprint density at radius 1 is 0.966 bits per heavy atom. The van der Waals surface area contributed by atoms with Crippen molar-refractivity contribution in [3.05, 3.63) is 71.3 Å². The van der Waals surface area contributed by atoms with Crippen LogP contribution in [-0.2, 0) is 5.41 Å². The number of Topliss-reactive ketones (excluding diaryl/α,β-unsaturated/α-hetero) is 1. The first-order valence-electron chi connectivity index (χ1n) is 10.5. The van der Waals surface area contributed by atoms with Gasteiger partial charge >= 0.3 is 6.03 Å². The van der Waals surface area contributed by atoms with Crippen LogP contribution in [0.5, 0.6) is 0 Å². The van der Waals surface area contributed by atoms with Gasteiger partial charge in [0.1, 0.15) is 0 Å². The van der Waals surface area contributed by atoms with E-state index >= 15 is 0 Å². The van der Waals surface area contributed by atoms with E-state index < -0.39 is 0 Å². The zero-order chi connectivity index (χ0) is 21.0. The molecule has 0 saturated carbocycles. The fraction of sp³-hybridized carbons (Fsp3) is 0.440. The second kappa shape index (κ2) is 8.81. The molecule has 4 nitrogen and oxygen atoms in total. The van der Waals surface area contributed by atoms with Gasteiger partial charge in [-0.2, -0.15) is 0 Å². The molecular weight excluding hydrogens is 360 g/mol. The van der Waals surface area contributed by atoms with Crippen molar-refractivity contribution in [3.63, 3.8) is 0 Å². The van der Waals surface area contributed by atoms with Crippen molar-refractivity contribution >= 4 is 11.8 Å². The third-order valence-electron chi connectivity index (χ3n) is 5.83. The lowest BCUT2D eigenvalue weighted by Gasteiger charge is -2.32. The van der Waals surface area contributed by atoms with Crippen LogP contribution in [0.4, 0.5) is 4.79 Å². The second-order valence-electron chi connectivity index (χ2n) is 9.03. The van der Waals surface area contributed by atoms with Gasteiger partial charge < -0.3 is 10.2 Å². The van der Waals surface area contributed by atoms with Crippen LogP contribution >= 0.6 is 0 Å². The number of ketones is 1. The van der Waals surface area contributed by atoms with Crippen LogP contribution in [0.1, 0.15) is 68.1 Å². The number of amides is 2. The molecule has 1 heterocycles. The van der Waals surface area contributed by atoms with E-state index in [4.69, 9.17) is 0 Å². The Bertz CT molecular complexity index is 829. The number of hydrogen-bond donors (Lipinski definition) is 1. The molecule has 3 rings (SSSR count). The number of carbonyl (C=O) groups excluding carboxylic acids is 2. The minimum Gasteiger partial charge on any atom is -0.331 e. The lowest BCUT2D eigenvalue weighted by Crippen LogP contribution is -2.46. The van der Waals surface area contributed by atoms with Gasteiger partial charge in [0.2, 0.25) is 0 Å². The van der Waals surface area contributed by atoms with Gasteiger partial charge in [-0.25, -0.2) is 4.79 Å². The molecule has 154 valence electrons. The minimum absolute atomic E-state index is 0.00353. The van der Waals surface area contributed by atoms with E-state index in [0.29, 0.717) is 13.1 Å². The molecule has 2 aromatic rings. The summed E-state index contributed by atoms with van der Waals surface area (Å²) in [6, 6.07) is 17.8. The number of benzene rings is 2. The van der Waals surface area contributed by atoms with E-state index in [0.717, 1.165) is 24.0 Å². The third-order valence-corrected chi connectivity index (χ3v) is 5.83. The van der Waals surface area contributed by atoms with Gasteiger partial charge in [-0.1, -0.05) is 75.4 Å². The van der Waals surface area contributed by atoms with Crippen LogP contribution in [0, 0.1) is 5.92 Å². The predicted octanol–water partition coefficient (Wildman–Crippen LogP) is 5.35. The summed E-state index contributed by atoms with van der Waals surface area (Å²) in [5, 5.41) is 3.10. The van der Waals surface area contributed by atoms with E-state index in [1.54, 1.807) is 0 Å².